The largest absolute Gasteiger partial charge is 0.383 e. The van der Waals surface area contributed by atoms with E-state index in [0.29, 0.717) is 25.3 Å². The lowest BCUT2D eigenvalue weighted by molar-refractivity contribution is 0.0680. The summed E-state index contributed by atoms with van der Waals surface area (Å²) in [5, 5.41) is 0. The fourth-order valence-corrected chi connectivity index (χ4v) is 2.02. The Balaban J connectivity index is 2.13. The van der Waals surface area contributed by atoms with Gasteiger partial charge in [-0.25, -0.2) is 0 Å². The summed E-state index contributed by atoms with van der Waals surface area (Å²) in [5.41, 5.74) is 1.83. The number of carbonyl (C=O) groups excluding carboxylic acids is 1. The van der Waals surface area contributed by atoms with Crippen LogP contribution in [0.1, 0.15) is 15.9 Å². The smallest absolute Gasteiger partial charge is 0.254 e. The zero-order chi connectivity index (χ0) is 14.2. The highest BCUT2D eigenvalue weighted by Gasteiger charge is 2.15. The molecule has 0 fully saturated rings. The van der Waals surface area contributed by atoms with E-state index in [1.165, 1.54) is 0 Å². The number of hydrogen-bond donors (Lipinski definition) is 0. The fraction of sp³-hybridized carbons (Fsp3) is 0.235. The highest BCUT2D eigenvalue weighted by molar-refractivity contribution is 5.94. The van der Waals surface area contributed by atoms with Crippen molar-refractivity contribution in [1.29, 1.82) is 0 Å². The molecule has 0 heterocycles. The Morgan fingerprint density at radius 2 is 1.60 bits per heavy atom. The predicted molar refractivity (Wildman–Crippen MR) is 79.5 cm³/mol. The Bertz CT molecular complexity index is 525. The molecule has 2 rings (SSSR count). The highest BCUT2D eigenvalue weighted by Crippen LogP contribution is 2.10. The normalized spacial score (nSPS) is 10.2. The lowest BCUT2D eigenvalue weighted by atomic mass is 10.1. The number of ether oxygens (including phenoxy) is 1. The average molecular weight is 269 g/mol. The molecule has 2 aromatic carbocycles. The number of nitrogens with zero attached hydrogens (tertiary/aromatic N) is 1. The van der Waals surface area contributed by atoms with E-state index in [2.05, 4.69) is 0 Å². The minimum atomic E-state index is 0.0338. The molecule has 2 aromatic rings. The fourth-order valence-electron chi connectivity index (χ4n) is 2.02. The molecule has 0 radical (unpaired) electrons. The van der Waals surface area contributed by atoms with E-state index >= 15 is 0 Å². The zero-order valence-electron chi connectivity index (χ0n) is 11.7. The third kappa shape index (κ3) is 3.93. The summed E-state index contributed by atoms with van der Waals surface area (Å²) >= 11 is 0. The van der Waals surface area contributed by atoms with Crippen molar-refractivity contribution in [2.45, 2.75) is 6.54 Å². The maximum atomic E-state index is 12.5. The monoisotopic (exact) mass is 269 g/mol. The summed E-state index contributed by atoms with van der Waals surface area (Å²) in [6.07, 6.45) is 0. The Morgan fingerprint density at radius 3 is 2.20 bits per heavy atom. The van der Waals surface area contributed by atoms with Crippen LogP contribution in [0.2, 0.25) is 0 Å². The molecule has 0 aliphatic heterocycles. The van der Waals surface area contributed by atoms with Crippen LogP contribution in [0.4, 0.5) is 0 Å². The Kier molecular flexibility index (Phi) is 5.33. The summed E-state index contributed by atoms with van der Waals surface area (Å²) in [4.78, 5) is 14.3. The Labute approximate surface area is 119 Å². The van der Waals surface area contributed by atoms with Crippen molar-refractivity contribution in [3.8, 4) is 0 Å². The van der Waals surface area contributed by atoms with Crippen molar-refractivity contribution in [3.05, 3.63) is 71.8 Å². The maximum Gasteiger partial charge on any atom is 0.254 e. The molecule has 0 aliphatic carbocycles. The number of carbonyl (C=O) groups is 1. The van der Waals surface area contributed by atoms with Gasteiger partial charge in [0.25, 0.3) is 5.91 Å². The molecule has 3 nitrogen and oxygen atoms in total. The molecule has 0 saturated heterocycles. The minimum absolute atomic E-state index is 0.0338. The van der Waals surface area contributed by atoms with Crippen LogP contribution in [-0.2, 0) is 11.3 Å². The maximum absolute atomic E-state index is 12.5. The van der Waals surface area contributed by atoms with Crippen LogP contribution in [0.25, 0.3) is 0 Å². The number of benzene rings is 2. The molecule has 0 aliphatic rings. The van der Waals surface area contributed by atoms with Crippen molar-refractivity contribution in [1.82, 2.24) is 4.90 Å². The molecule has 0 saturated carbocycles. The zero-order valence-corrected chi connectivity index (χ0v) is 11.7. The Hall–Kier alpha value is -2.13. The van der Waals surface area contributed by atoms with E-state index in [-0.39, 0.29) is 5.91 Å². The number of amides is 1. The average Bonchev–Trinajstić information content (AvgIpc) is 2.52. The van der Waals surface area contributed by atoms with Gasteiger partial charge in [0.1, 0.15) is 0 Å². The highest BCUT2D eigenvalue weighted by atomic mass is 16.5. The first-order chi connectivity index (χ1) is 9.81. The van der Waals surface area contributed by atoms with Gasteiger partial charge < -0.3 is 9.64 Å². The summed E-state index contributed by atoms with van der Waals surface area (Å²) in [5.74, 6) is 0.0338. The van der Waals surface area contributed by atoms with Crippen LogP contribution >= 0.6 is 0 Å². The molecular formula is C17H19NO2. The quantitative estimate of drug-likeness (QED) is 0.807. The SMILES string of the molecule is COCCN(Cc1ccccc1)C(=O)c1ccccc1. The number of rotatable bonds is 6. The Morgan fingerprint density at radius 1 is 1.00 bits per heavy atom. The van der Waals surface area contributed by atoms with Gasteiger partial charge >= 0.3 is 0 Å². The minimum Gasteiger partial charge on any atom is -0.383 e. The second-order valence-corrected chi connectivity index (χ2v) is 4.57. The first-order valence-corrected chi connectivity index (χ1v) is 6.68. The summed E-state index contributed by atoms with van der Waals surface area (Å²) in [6.45, 7) is 1.71. The van der Waals surface area contributed by atoms with Crippen LogP contribution in [0.15, 0.2) is 60.7 Å². The first-order valence-electron chi connectivity index (χ1n) is 6.68. The van der Waals surface area contributed by atoms with E-state index in [0.717, 1.165) is 5.56 Å². The van der Waals surface area contributed by atoms with E-state index in [1.54, 1.807) is 7.11 Å². The van der Waals surface area contributed by atoms with Crippen LogP contribution in [0.3, 0.4) is 0 Å². The van der Waals surface area contributed by atoms with Crippen LogP contribution in [0.5, 0.6) is 0 Å². The van der Waals surface area contributed by atoms with Crippen LogP contribution in [0, 0.1) is 0 Å². The third-order valence-electron chi connectivity index (χ3n) is 3.09. The van der Waals surface area contributed by atoms with Gasteiger partial charge in [0, 0.05) is 25.8 Å². The van der Waals surface area contributed by atoms with E-state index < -0.39 is 0 Å². The molecule has 0 bridgehead atoms. The van der Waals surface area contributed by atoms with E-state index in [9.17, 15) is 4.79 Å². The van der Waals surface area contributed by atoms with Crippen molar-refractivity contribution >= 4 is 5.91 Å². The van der Waals surface area contributed by atoms with Gasteiger partial charge in [0.05, 0.1) is 6.61 Å². The molecule has 0 atom stereocenters. The van der Waals surface area contributed by atoms with Crippen molar-refractivity contribution < 1.29 is 9.53 Å². The van der Waals surface area contributed by atoms with Gasteiger partial charge in [-0.05, 0) is 17.7 Å². The topological polar surface area (TPSA) is 29.5 Å². The number of hydrogen-bond acceptors (Lipinski definition) is 2. The van der Waals surface area contributed by atoms with Crippen molar-refractivity contribution in [2.24, 2.45) is 0 Å². The van der Waals surface area contributed by atoms with E-state index in [4.69, 9.17) is 4.74 Å². The van der Waals surface area contributed by atoms with Gasteiger partial charge in [-0.1, -0.05) is 48.5 Å². The van der Waals surface area contributed by atoms with Crippen LogP contribution in [-0.4, -0.2) is 31.1 Å². The van der Waals surface area contributed by atoms with Crippen LogP contribution < -0.4 is 0 Å². The molecule has 0 N–H and O–H groups in total. The standard InChI is InChI=1S/C17H19NO2/c1-20-13-12-18(14-15-8-4-2-5-9-15)17(19)16-10-6-3-7-11-16/h2-11H,12-14H2,1H3. The first kappa shape index (κ1) is 14.3. The van der Waals surface area contributed by atoms with Gasteiger partial charge in [-0.3, -0.25) is 4.79 Å². The molecule has 20 heavy (non-hydrogen) atoms. The lowest BCUT2D eigenvalue weighted by Gasteiger charge is -2.22. The van der Waals surface area contributed by atoms with Gasteiger partial charge in [0.15, 0.2) is 0 Å². The second kappa shape index (κ2) is 7.46. The second-order valence-electron chi connectivity index (χ2n) is 4.57. The molecule has 3 heteroatoms. The van der Waals surface area contributed by atoms with Gasteiger partial charge in [0.2, 0.25) is 0 Å². The van der Waals surface area contributed by atoms with E-state index in [1.807, 2.05) is 65.6 Å². The molecule has 1 amide bonds. The lowest BCUT2D eigenvalue weighted by Crippen LogP contribution is -2.33. The number of methoxy groups -OCH3 is 1. The predicted octanol–water partition coefficient (Wildman–Crippen LogP) is 2.98. The third-order valence-corrected chi connectivity index (χ3v) is 3.09. The van der Waals surface area contributed by atoms with Gasteiger partial charge in [-0.2, -0.15) is 0 Å². The summed E-state index contributed by atoms with van der Waals surface area (Å²) < 4.78 is 5.10. The molecular weight excluding hydrogens is 250 g/mol. The molecule has 104 valence electrons. The van der Waals surface area contributed by atoms with Crippen molar-refractivity contribution in [3.63, 3.8) is 0 Å². The molecule has 0 spiro atoms. The molecule has 0 aromatic heterocycles. The van der Waals surface area contributed by atoms with Crippen molar-refractivity contribution in [2.75, 3.05) is 20.3 Å². The van der Waals surface area contributed by atoms with Gasteiger partial charge in [-0.15, -0.1) is 0 Å². The summed E-state index contributed by atoms with van der Waals surface area (Å²) in [6, 6.07) is 19.3. The summed E-state index contributed by atoms with van der Waals surface area (Å²) in [7, 11) is 1.65. The molecule has 0 unspecified atom stereocenters.